The van der Waals surface area contributed by atoms with Gasteiger partial charge in [-0.15, -0.1) is 0 Å². The predicted molar refractivity (Wildman–Crippen MR) is 88.8 cm³/mol. The molecule has 22 heavy (non-hydrogen) atoms. The summed E-state index contributed by atoms with van der Waals surface area (Å²) in [6.45, 7) is 10.2. The highest BCUT2D eigenvalue weighted by Crippen LogP contribution is 2.19. The highest BCUT2D eigenvalue weighted by Gasteiger charge is 2.17. The molecule has 1 aromatic carbocycles. The van der Waals surface area contributed by atoms with Gasteiger partial charge in [-0.1, -0.05) is 30.3 Å². The number of rotatable bonds is 5. The number of nitrogens with zero attached hydrogens (tertiary/aromatic N) is 2. The van der Waals surface area contributed by atoms with E-state index in [-0.39, 0.29) is 18.0 Å². The summed E-state index contributed by atoms with van der Waals surface area (Å²) in [5, 5.41) is 7.59. The van der Waals surface area contributed by atoms with E-state index in [0.29, 0.717) is 6.42 Å². The third-order valence-electron chi connectivity index (χ3n) is 4.26. The Morgan fingerprint density at radius 1 is 1.18 bits per heavy atom. The molecule has 0 bridgehead atoms. The summed E-state index contributed by atoms with van der Waals surface area (Å²) in [5.74, 6) is 0.0501. The van der Waals surface area contributed by atoms with Gasteiger partial charge in [0.05, 0.1) is 17.8 Å². The molecule has 2 atom stereocenters. The Morgan fingerprint density at radius 2 is 1.82 bits per heavy atom. The Balaban J connectivity index is 1.98. The van der Waals surface area contributed by atoms with Gasteiger partial charge in [-0.05, 0) is 45.7 Å². The van der Waals surface area contributed by atoms with E-state index in [9.17, 15) is 4.79 Å². The summed E-state index contributed by atoms with van der Waals surface area (Å²) in [5.41, 5.74) is 4.48. The van der Waals surface area contributed by atoms with Crippen LogP contribution < -0.4 is 5.32 Å². The number of carbonyl (C=O) groups excluding carboxylic acids is 1. The first kappa shape index (κ1) is 16.3. The molecule has 0 aliphatic rings. The van der Waals surface area contributed by atoms with E-state index in [2.05, 4.69) is 24.3 Å². The molecule has 1 heterocycles. The Morgan fingerprint density at radius 3 is 2.36 bits per heavy atom. The van der Waals surface area contributed by atoms with Gasteiger partial charge in [-0.3, -0.25) is 9.48 Å². The van der Waals surface area contributed by atoms with Gasteiger partial charge in [0, 0.05) is 12.1 Å². The predicted octanol–water partition coefficient (Wildman–Crippen LogP) is 3.64. The van der Waals surface area contributed by atoms with Gasteiger partial charge < -0.3 is 5.32 Å². The minimum absolute atomic E-state index is 0.0168. The Bertz CT molecular complexity index is 646. The molecule has 2 aromatic rings. The topological polar surface area (TPSA) is 46.9 Å². The van der Waals surface area contributed by atoms with Crippen molar-refractivity contribution in [1.29, 1.82) is 0 Å². The van der Waals surface area contributed by atoms with Crippen molar-refractivity contribution in [3.63, 3.8) is 0 Å². The van der Waals surface area contributed by atoms with Gasteiger partial charge in [0.1, 0.15) is 0 Å². The van der Waals surface area contributed by atoms with Gasteiger partial charge in [0.25, 0.3) is 0 Å². The first-order valence-corrected chi connectivity index (χ1v) is 7.76. The van der Waals surface area contributed by atoms with Crippen molar-refractivity contribution in [1.82, 2.24) is 15.1 Å². The van der Waals surface area contributed by atoms with Gasteiger partial charge >= 0.3 is 0 Å². The van der Waals surface area contributed by atoms with Crippen LogP contribution in [0.3, 0.4) is 0 Å². The van der Waals surface area contributed by atoms with Gasteiger partial charge in [-0.2, -0.15) is 5.10 Å². The van der Waals surface area contributed by atoms with Gasteiger partial charge in [0.2, 0.25) is 5.91 Å². The molecule has 0 spiro atoms. The molecular weight excluding hydrogens is 274 g/mol. The maximum absolute atomic E-state index is 12.3. The van der Waals surface area contributed by atoms with Crippen LogP contribution in [-0.2, 0) is 4.79 Å². The molecule has 2 rings (SSSR count). The summed E-state index contributed by atoms with van der Waals surface area (Å²) in [6.07, 6.45) is 0.429. The van der Waals surface area contributed by atoms with Crippen molar-refractivity contribution in [2.45, 2.75) is 53.1 Å². The second kappa shape index (κ2) is 6.77. The Hall–Kier alpha value is -2.10. The van der Waals surface area contributed by atoms with Crippen LogP contribution in [0.1, 0.15) is 54.9 Å². The zero-order valence-corrected chi connectivity index (χ0v) is 14.1. The molecule has 0 unspecified atom stereocenters. The number of aromatic nitrogens is 2. The van der Waals surface area contributed by atoms with E-state index in [4.69, 9.17) is 0 Å². The molecule has 0 saturated heterocycles. The van der Waals surface area contributed by atoms with E-state index in [0.717, 1.165) is 17.0 Å². The molecule has 0 radical (unpaired) electrons. The van der Waals surface area contributed by atoms with Crippen molar-refractivity contribution in [2.75, 3.05) is 0 Å². The van der Waals surface area contributed by atoms with Crippen LogP contribution in [0.2, 0.25) is 0 Å². The number of benzene rings is 1. The lowest BCUT2D eigenvalue weighted by atomic mass is 10.1. The van der Waals surface area contributed by atoms with Crippen molar-refractivity contribution in [3.05, 3.63) is 52.8 Å². The molecule has 0 aliphatic carbocycles. The van der Waals surface area contributed by atoms with E-state index in [1.165, 1.54) is 5.56 Å². The summed E-state index contributed by atoms with van der Waals surface area (Å²) in [6, 6.07) is 10.1. The number of amides is 1. The van der Waals surface area contributed by atoms with Crippen molar-refractivity contribution in [2.24, 2.45) is 0 Å². The first-order valence-electron chi connectivity index (χ1n) is 7.76. The molecule has 1 amide bonds. The molecule has 0 aliphatic heterocycles. The lowest BCUT2D eigenvalue weighted by Crippen LogP contribution is -2.29. The highest BCUT2D eigenvalue weighted by atomic mass is 16.1. The van der Waals surface area contributed by atoms with E-state index in [1.807, 2.05) is 55.8 Å². The summed E-state index contributed by atoms with van der Waals surface area (Å²) in [4.78, 5) is 12.3. The number of hydrogen-bond acceptors (Lipinski definition) is 2. The number of hydrogen-bond donors (Lipinski definition) is 1. The van der Waals surface area contributed by atoms with Crippen molar-refractivity contribution in [3.8, 4) is 0 Å². The lowest BCUT2D eigenvalue weighted by Gasteiger charge is -2.18. The van der Waals surface area contributed by atoms with Crippen molar-refractivity contribution < 1.29 is 4.79 Å². The van der Waals surface area contributed by atoms with Crippen LogP contribution in [0.4, 0.5) is 0 Å². The Labute approximate surface area is 132 Å². The monoisotopic (exact) mass is 299 g/mol. The fraction of sp³-hybridized carbons (Fsp3) is 0.444. The normalized spacial score (nSPS) is 13.7. The molecule has 0 saturated carbocycles. The molecule has 1 N–H and O–H groups in total. The second-order valence-electron chi connectivity index (χ2n) is 5.99. The van der Waals surface area contributed by atoms with Gasteiger partial charge in [-0.25, -0.2) is 0 Å². The number of aryl methyl sites for hydroxylation is 1. The first-order chi connectivity index (χ1) is 10.4. The second-order valence-corrected chi connectivity index (χ2v) is 5.99. The van der Waals surface area contributed by atoms with E-state index < -0.39 is 0 Å². The average Bonchev–Trinajstić information content (AvgIpc) is 2.75. The number of carbonyl (C=O) groups is 1. The minimum Gasteiger partial charge on any atom is -0.350 e. The summed E-state index contributed by atoms with van der Waals surface area (Å²) >= 11 is 0. The molecule has 4 nitrogen and oxygen atoms in total. The largest absolute Gasteiger partial charge is 0.350 e. The molecule has 118 valence electrons. The van der Waals surface area contributed by atoms with Crippen LogP contribution in [0.15, 0.2) is 30.3 Å². The fourth-order valence-corrected chi connectivity index (χ4v) is 2.65. The van der Waals surface area contributed by atoms with E-state index in [1.54, 1.807) is 0 Å². The molecule has 1 aromatic heterocycles. The van der Waals surface area contributed by atoms with Crippen LogP contribution in [0.5, 0.6) is 0 Å². The standard InChI is InChI=1S/C18H25N3O/c1-12(21-16(5)13(2)14(3)20-21)11-18(22)19-15(4)17-9-7-6-8-10-17/h6-10,12,15H,11H2,1-5H3,(H,19,22)/t12-,15-/m1/s1. The maximum Gasteiger partial charge on any atom is 0.222 e. The quantitative estimate of drug-likeness (QED) is 0.916. The minimum atomic E-state index is 0.0168. The molecular formula is C18H25N3O. The van der Waals surface area contributed by atoms with Crippen LogP contribution in [0, 0.1) is 20.8 Å². The third-order valence-corrected chi connectivity index (χ3v) is 4.26. The van der Waals surface area contributed by atoms with Gasteiger partial charge in [0.15, 0.2) is 0 Å². The third kappa shape index (κ3) is 3.56. The van der Waals surface area contributed by atoms with E-state index >= 15 is 0 Å². The van der Waals surface area contributed by atoms with Crippen LogP contribution in [-0.4, -0.2) is 15.7 Å². The van der Waals surface area contributed by atoms with Crippen LogP contribution in [0.25, 0.3) is 0 Å². The zero-order chi connectivity index (χ0) is 16.3. The smallest absolute Gasteiger partial charge is 0.222 e. The fourth-order valence-electron chi connectivity index (χ4n) is 2.65. The van der Waals surface area contributed by atoms with Crippen molar-refractivity contribution >= 4 is 5.91 Å². The Kier molecular flexibility index (Phi) is 5.01. The zero-order valence-electron chi connectivity index (χ0n) is 14.1. The SMILES string of the molecule is Cc1nn([C@H](C)CC(=O)N[C@H](C)c2ccccc2)c(C)c1C. The number of nitrogens with one attached hydrogen (secondary N) is 1. The van der Waals surface area contributed by atoms with Crippen LogP contribution >= 0.6 is 0 Å². The molecule has 0 fully saturated rings. The summed E-state index contributed by atoms with van der Waals surface area (Å²) in [7, 11) is 0. The average molecular weight is 299 g/mol. The molecule has 4 heteroatoms. The maximum atomic E-state index is 12.3. The summed E-state index contributed by atoms with van der Waals surface area (Å²) < 4.78 is 1.96. The lowest BCUT2D eigenvalue weighted by molar-refractivity contribution is -0.122. The highest BCUT2D eigenvalue weighted by molar-refractivity contribution is 5.76.